The summed E-state index contributed by atoms with van der Waals surface area (Å²) in [5.74, 6) is 0. The van der Waals surface area contributed by atoms with Crippen molar-refractivity contribution in [3.8, 4) is 0 Å². The zero-order chi connectivity index (χ0) is 10.8. The zero-order valence-corrected chi connectivity index (χ0v) is 9.80. The molecule has 0 heterocycles. The fourth-order valence-corrected chi connectivity index (χ4v) is 1.02. The highest BCUT2D eigenvalue weighted by atomic mass is 16.7. The van der Waals surface area contributed by atoms with Crippen molar-refractivity contribution < 1.29 is 9.47 Å². The number of hydrogen-bond acceptors (Lipinski definition) is 2. The minimum absolute atomic E-state index is 0.373. The Morgan fingerprint density at radius 3 is 2.43 bits per heavy atom. The van der Waals surface area contributed by atoms with Gasteiger partial charge in [-0.3, -0.25) is 0 Å². The summed E-state index contributed by atoms with van der Waals surface area (Å²) in [4.78, 5) is 0. The number of allylic oxidation sites excluding steroid dienone is 3. The summed E-state index contributed by atoms with van der Waals surface area (Å²) in [6, 6.07) is 0. The molecule has 2 heteroatoms. The van der Waals surface area contributed by atoms with Crippen LogP contribution in [0.3, 0.4) is 0 Å². The van der Waals surface area contributed by atoms with Crippen LogP contribution in [0.15, 0.2) is 23.3 Å². The topological polar surface area (TPSA) is 18.5 Å². The molecule has 0 atom stereocenters. The summed E-state index contributed by atoms with van der Waals surface area (Å²) >= 11 is 0. The smallest absolute Gasteiger partial charge is 0.146 e. The Balaban J connectivity index is 3.52. The maximum Gasteiger partial charge on any atom is 0.146 e. The first-order valence-corrected chi connectivity index (χ1v) is 5.02. The molecule has 0 spiro atoms. The first kappa shape index (κ1) is 13.4. The fraction of sp³-hybridized carbons (Fsp3) is 0.667. The van der Waals surface area contributed by atoms with Gasteiger partial charge >= 0.3 is 0 Å². The molecule has 0 unspecified atom stereocenters. The normalized spacial score (nSPS) is 11.6. The van der Waals surface area contributed by atoms with Crippen LogP contribution < -0.4 is 0 Å². The van der Waals surface area contributed by atoms with Crippen molar-refractivity contribution in [2.24, 2.45) is 0 Å². The third-order valence-corrected chi connectivity index (χ3v) is 1.84. The highest BCUT2D eigenvalue weighted by Crippen LogP contribution is 2.06. The van der Waals surface area contributed by atoms with E-state index in [9.17, 15) is 0 Å². The molecule has 0 aromatic rings. The molecule has 0 saturated carbocycles. The van der Waals surface area contributed by atoms with E-state index in [1.807, 2.05) is 0 Å². The molecule has 0 aliphatic carbocycles. The van der Waals surface area contributed by atoms with Gasteiger partial charge in [-0.1, -0.05) is 23.3 Å². The number of ether oxygens (including phenoxy) is 2. The average molecular weight is 198 g/mol. The third-order valence-electron chi connectivity index (χ3n) is 1.84. The van der Waals surface area contributed by atoms with Crippen LogP contribution in [0.5, 0.6) is 0 Å². The van der Waals surface area contributed by atoms with E-state index >= 15 is 0 Å². The Morgan fingerprint density at radius 2 is 1.86 bits per heavy atom. The average Bonchev–Trinajstić information content (AvgIpc) is 2.12. The van der Waals surface area contributed by atoms with Gasteiger partial charge in [-0.25, -0.2) is 0 Å². The second-order valence-corrected chi connectivity index (χ2v) is 3.65. The van der Waals surface area contributed by atoms with Crippen molar-refractivity contribution in [1.29, 1.82) is 0 Å². The molecule has 82 valence electrons. The van der Waals surface area contributed by atoms with Crippen molar-refractivity contribution in [2.75, 3.05) is 20.5 Å². The highest BCUT2D eigenvalue weighted by molar-refractivity contribution is 5.02. The van der Waals surface area contributed by atoms with Crippen molar-refractivity contribution in [2.45, 2.75) is 33.6 Å². The van der Waals surface area contributed by atoms with E-state index in [1.54, 1.807) is 7.11 Å². The molecule has 2 nitrogen and oxygen atoms in total. The van der Waals surface area contributed by atoms with Gasteiger partial charge in [-0.05, 0) is 33.6 Å². The summed E-state index contributed by atoms with van der Waals surface area (Å²) < 4.78 is 9.94. The maximum absolute atomic E-state index is 5.17. The number of hydrogen-bond donors (Lipinski definition) is 0. The van der Waals surface area contributed by atoms with Crippen LogP contribution >= 0.6 is 0 Å². The van der Waals surface area contributed by atoms with Crippen molar-refractivity contribution in [3.05, 3.63) is 23.3 Å². The minimum Gasteiger partial charge on any atom is -0.359 e. The molecule has 0 fully saturated rings. The molecule has 0 aromatic carbocycles. The lowest BCUT2D eigenvalue weighted by atomic mass is 10.1. The molecular weight excluding hydrogens is 176 g/mol. The monoisotopic (exact) mass is 198 g/mol. The summed E-state index contributed by atoms with van der Waals surface area (Å²) in [7, 11) is 1.63. The molecule has 14 heavy (non-hydrogen) atoms. The molecule has 0 aromatic heterocycles. The predicted molar refractivity (Wildman–Crippen MR) is 60.3 cm³/mol. The van der Waals surface area contributed by atoms with Crippen molar-refractivity contribution in [3.63, 3.8) is 0 Å². The van der Waals surface area contributed by atoms with Crippen molar-refractivity contribution in [1.82, 2.24) is 0 Å². The van der Waals surface area contributed by atoms with E-state index in [2.05, 4.69) is 32.9 Å². The van der Waals surface area contributed by atoms with E-state index < -0.39 is 0 Å². The lowest BCUT2D eigenvalue weighted by molar-refractivity contribution is -0.0188. The van der Waals surface area contributed by atoms with Gasteiger partial charge in [0.1, 0.15) is 6.79 Å². The quantitative estimate of drug-likeness (QED) is 0.355. The summed E-state index contributed by atoms with van der Waals surface area (Å²) in [5, 5.41) is 0. The second kappa shape index (κ2) is 8.97. The Labute approximate surface area is 87.6 Å². The predicted octanol–water partition coefficient (Wildman–Crippen LogP) is 3.30. The van der Waals surface area contributed by atoms with Crippen LogP contribution in [-0.2, 0) is 9.47 Å². The van der Waals surface area contributed by atoms with Gasteiger partial charge in [0.25, 0.3) is 0 Å². The van der Waals surface area contributed by atoms with Crippen LogP contribution in [0.1, 0.15) is 33.6 Å². The summed E-state index contributed by atoms with van der Waals surface area (Å²) in [6.07, 6.45) is 6.60. The summed E-state index contributed by atoms with van der Waals surface area (Å²) in [5.41, 5.74) is 2.76. The molecule has 0 amide bonds. The molecule has 0 saturated heterocycles. The molecule has 0 N–H and O–H groups in total. The van der Waals surface area contributed by atoms with Gasteiger partial charge < -0.3 is 9.47 Å². The highest BCUT2D eigenvalue weighted by Gasteiger charge is 1.89. The Morgan fingerprint density at radius 1 is 1.14 bits per heavy atom. The molecule has 0 aliphatic rings. The van der Waals surface area contributed by atoms with Crippen LogP contribution in [-0.4, -0.2) is 20.5 Å². The third kappa shape index (κ3) is 9.49. The van der Waals surface area contributed by atoms with E-state index in [0.717, 1.165) is 12.8 Å². The Bertz CT molecular complexity index is 188. The Kier molecular flexibility index (Phi) is 8.59. The number of methoxy groups -OCH3 is 1. The molecule has 0 bridgehead atoms. The van der Waals surface area contributed by atoms with Gasteiger partial charge in [0, 0.05) is 7.11 Å². The van der Waals surface area contributed by atoms with Crippen LogP contribution in [0.25, 0.3) is 0 Å². The van der Waals surface area contributed by atoms with E-state index in [1.165, 1.54) is 11.1 Å². The standard InChI is InChI=1S/C12H22O2/c1-11(2)6-5-7-12(3)8-9-14-10-13-4/h6,8H,5,7,9-10H2,1-4H3/b12-8+. The van der Waals surface area contributed by atoms with Gasteiger partial charge in [-0.15, -0.1) is 0 Å². The second-order valence-electron chi connectivity index (χ2n) is 3.65. The first-order valence-electron chi connectivity index (χ1n) is 5.02. The lowest BCUT2D eigenvalue weighted by Crippen LogP contribution is -1.96. The lowest BCUT2D eigenvalue weighted by Gasteiger charge is -2.00. The molecule has 0 radical (unpaired) electrons. The van der Waals surface area contributed by atoms with Crippen LogP contribution in [0.2, 0.25) is 0 Å². The summed E-state index contributed by atoms with van der Waals surface area (Å²) in [6.45, 7) is 7.41. The van der Waals surface area contributed by atoms with Gasteiger partial charge in [0.15, 0.2) is 0 Å². The minimum atomic E-state index is 0.373. The number of rotatable bonds is 7. The Hall–Kier alpha value is -0.600. The molecule has 0 rings (SSSR count). The first-order chi connectivity index (χ1) is 6.66. The van der Waals surface area contributed by atoms with E-state index in [4.69, 9.17) is 9.47 Å². The van der Waals surface area contributed by atoms with Crippen molar-refractivity contribution >= 4 is 0 Å². The van der Waals surface area contributed by atoms with E-state index in [-0.39, 0.29) is 0 Å². The zero-order valence-electron chi connectivity index (χ0n) is 9.80. The fourth-order valence-electron chi connectivity index (χ4n) is 1.02. The molecule has 0 aliphatic heterocycles. The van der Waals surface area contributed by atoms with Gasteiger partial charge in [-0.2, -0.15) is 0 Å². The van der Waals surface area contributed by atoms with Crippen LogP contribution in [0, 0.1) is 0 Å². The van der Waals surface area contributed by atoms with Crippen LogP contribution in [0.4, 0.5) is 0 Å². The maximum atomic E-state index is 5.17. The van der Waals surface area contributed by atoms with Gasteiger partial charge in [0.2, 0.25) is 0 Å². The largest absolute Gasteiger partial charge is 0.359 e. The van der Waals surface area contributed by atoms with Gasteiger partial charge in [0.05, 0.1) is 6.61 Å². The van der Waals surface area contributed by atoms with E-state index in [0.29, 0.717) is 13.4 Å². The molecular formula is C12H22O2. The SMILES string of the molecule is COCOC/C=C(\C)CCC=C(C)C.